The molecule has 0 radical (unpaired) electrons. The van der Waals surface area contributed by atoms with E-state index in [1.54, 1.807) is 0 Å². The van der Waals surface area contributed by atoms with Crippen LogP contribution in [0.5, 0.6) is 0 Å². The first-order chi connectivity index (χ1) is 9.04. The van der Waals surface area contributed by atoms with Crippen LogP contribution in [0, 0.1) is 19.8 Å². The van der Waals surface area contributed by atoms with Crippen LogP contribution in [-0.4, -0.2) is 29.3 Å². The summed E-state index contributed by atoms with van der Waals surface area (Å²) in [6, 6.07) is 0. The molecule has 0 spiro atoms. The minimum atomic E-state index is 0.0525. The van der Waals surface area contributed by atoms with Gasteiger partial charge in [-0.15, -0.1) is 0 Å². The highest BCUT2D eigenvalue weighted by molar-refractivity contribution is 5.76. The van der Waals surface area contributed by atoms with Crippen LogP contribution in [0.1, 0.15) is 43.2 Å². The van der Waals surface area contributed by atoms with Crippen LogP contribution < -0.4 is 5.32 Å². The van der Waals surface area contributed by atoms with Crippen LogP contribution in [-0.2, 0) is 11.2 Å². The van der Waals surface area contributed by atoms with E-state index >= 15 is 0 Å². The molecule has 19 heavy (non-hydrogen) atoms. The zero-order valence-corrected chi connectivity index (χ0v) is 12.0. The molecule has 1 unspecified atom stereocenters. The summed E-state index contributed by atoms with van der Waals surface area (Å²) in [4.78, 5) is 11.7. The van der Waals surface area contributed by atoms with Gasteiger partial charge in [0.1, 0.15) is 5.76 Å². The molecule has 1 atom stereocenters. The largest absolute Gasteiger partial charge is 0.396 e. The summed E-state index contributed by atoms with van der Waals surface area (Å²) in [7, 11) is 0. The van der Waals surface area contributed by atoms with Crippen molar-refractivity contribution in [2.24, 2.45) is 5.92 Å². The number of hydrogen-bond acceptors (Lipinski definition) is 4. The SMILES string of the molecule is Cc1noc(C)c1CCC(=O)NCCCC(C)CO. The Hall–Kier alpha value is -1.36. The third-order valence-electron chi connectivity index (χ3n) is 3.29. The highest BCUT2D eigenvalue weighted by atomic mass is 16.5. The molecule has 0 aliphatic carbocycles. The van der Waals surface area contributed by atoms with Crippen LogP contribution in [0.15, 0.2) is 4.52 Å². The zero-order chi connectivity index (χ0) is 14.3. The zero-order valence-electron chi connectivity index (χ0n) is 12.0. The molecule has 0 aliphatic heterocycles. The lowest BCUT2D eigenvalue weighted by Gasteiger charge is -2.08. The van der Waals surface area contributed by atoms with Crippen LogP contribution in [0.3, 0.4) is 0 Å². The Labute approximate surface area is 114 Å². The van der Waals surface area contributed by atoms with Crippen molar-refractivity contribution in [1.82, 2.24) is 10.5 Å². The van der Waals surface area contributed by atoms with E-state index in [1.165, 1.54) is 0 Å². The molecular weight excluding hydrogens is 244 g/mol. The van der Waals surface area contributed by atoms with Crippen molar-refractivity contribution in [3.05, 3.63) is 17.0 Å². The van der Waals surface area contributed by atoms with Gasteiger partial charge < -0.3 is 14.9 Å². The Balaban J connectivity index is 2.18. The van der Waals surface area contributed by atoms with Gasteiger partial charge in [-0.2, -0.15) is 0 Å². The number of aryl methyl sites for hydroxylation is 2. The van der Waals surface area contributed by atoms with E-state index < -0.39 is 0 Å². The van der Waals surface area contributed by atoms with E-state index in [0.29, 0.717) is 25.3 Å². The highest BCUT2D eigenvalue weighted by Gasteiger charge is 2.10. The summed E-state index contributed by atoms with van der Waals surface area (Å²) in [5.41, 5.74) is 1.89. The summed E-state index contributed by atoms with van der Waals surface area (Å²) in [6.07, 6.45) is 2.96. The number of aliphatic hydroxyl groups excluding tert-OH is 1. The topological polar surface area (TPSA) is 75.4 Å². The summed E-state index contributed by atoms with van der Waals surface area (Å²) in [5, 5.41) is 15.6. The second kappa shape index (κ2) is 7.94. The molecule has 0 saturated carbocycles. The number of carbonyl (C=O) groups is 1. The number of aliphatic hydroxyl groups is 1. The standard InChI is InChI=1S/C14H24N2O3/c1-10(9-17)5-4-8-15-14(18)7-6-13-11(2)16-19-12(13)3/h10,17H,4-9H2,1-3H3,(H,15,18). The van der Waals surface area contributed by atoms with Gasteiger partial charge in [-0.25, -0.2) is 0 Å². The summed E-state index contributed by atoms with van der Waals surface area (Å²) < 4.78 is 5.06. The van der Waals surface area contributed by atoms with Gasteiger partial charge in [-0.1, -0.05) is 12.1 Å². The fourth-order valence-electron chi connectivity index (χ4n) is 1.96. The molecule has 0 saturated heterocycles. The fraction of sp³-hybridized carbons (Fsp3) is 0.714. The van der Waals surface area contributed by atoms with Crippen molar-refractivity contribution in [2.75, 3.05) is 13.2 Å². The first-order valence-electron chi connectivity index (χ1n) is 6.84. The summed E-state index contributed by atoms with van der Waals surface area (Å²) >= 11 is 0. The molecule has 1 heterocycles. The molecule has 108 valence electrons. The van der Waals surface area contributed by atoms with Gasteiger partial charge in [-0.05, 0) is 39.0 Å². The Morgan fingerprint density at radius 2 is 2.21 bits per heavy atom. The van der Waals surface area contributed by atoms with Crippen molar-refractivity contribution >= 4 is 5.91 Å². The first-order valence-corrected chi connectivity index (χ1v) is 6.84. The van der Waals surface area contributed by atoms with Crippen LogP contribution in [0.2, 0.25) is 0 Å². The number of rotatable bonds is 8. The fourth-order valence-corrected chi connectivity index (χ4v) is 1.96. The molecule has 2 N–H and O–H groups in total. The first kappa shape index (κ1) is 15.7. The molecular formula is C14H24N2O3. The summed E-state index contributed by atoms with van der Waals surface area (Å²) in [6.45, 7) is 6.63. The molecule has 1 rings (SSSR count). The molecule has 0 aromatic carbocycles. The Morgan fingerprint density at radius 3 is 2.79 bits per heavy atom. The van der Waals surface area contributed by atoms with Gasteiger partial charge in [0.25, 0.3) is 0 Å². The molecule has 0 aliphatic rings. The normalized spacial score (nSPS) is 12.4. The molecule has 5 nitrogen and oxygen atoms in total. The third kappa shape index (κ3) is 5.42. The monoisotopic (exact) mass is 268 g/mol. The molecule has 1 aromatic heterocycles. The van der Waals surface area contributed by atoms with Gasteiger partial charge in [-0.3, -0.25) is 4.79 Å². The van der Waals surface area contributed by atoms with Gasteiger partial charge in [0, 0.05) is 25.1 Å². The van der Waals surface area contributed by atoms with Gasteiger partial charge in [0.15, 0.2) is 0 Å². The lowest BCUT2D eigenvalue weighted by molar-refractivity contribution is -0.121. The second-order valence-electron chi connectivity index (χ2n) is 5.08. The van der Waals surface area contributed by atoms with Crippen molar-refractivity contribution in [2.45, 2.75) is 46.5 Å². The maximum absolute atomic E-state index is 11.7. The number of amides is 1. The molecule has 5 heteroatoms. The maximum atomic E-state index is 11.7. The Kier molecular flexibility index (Phi) is 6.56. The number of nitrogens with one attached hydrogen (secondary N) is 1. The van der Waals surface area contributed by atoms with Crippen LogP contribution in [0.4, 0.5) is 0 Å². The van der Waals surface area contributed by atoms with Crippen molar-refractivity contribution in [1.29, 1.82) is 0 Å². The number of hydrogen-bond donors (Lipinski definition) is 2. The quantitative estimate of drug-likeness (QED) is 0.704. The van der Waals surface area contributed by atoms with Gasteiger partial charge >= 0.3 is 0 Å². The van der Waals surface area contributed by atoms with Crippen molar-refractivity contribution < 1.29 is 14.4 Å². The lowest BCUT2D eigenvalue weighted by atomic mass is 10.1. The van der Waals surface area contributed by atoms with Crippen molar-refractivity contribution in [3.63, 3.8) is 0 Å². The highest BCUT2D eigenvalue weighted by Crippen LogP contribution is 2.14. The van der Waals surface area contributed by atoms with E-state index in [2.05, 4.69) is 10.5 Å². The van der Waals surface area contributed by atoms with Crippen LogP contribution >= 0.6 is 0 Å². The average molecular weight is 268 g/mol. The van der Waals surface area contributed by atoms with E-state index in [-0.39, 0.29) is 12.5 Å². The van der Waals surface area contributed by atoms with E-state index in [1.807, 2.05) is 20.8 Å². The predicted molar refractivity (Wildman–Crippen MR) is 72.8 cm³/mol. The van der Waals surface area contributed by atoms with Gasteiger partial charge in [0.05, 0.1) is 5.69 Å². The molecule has 1 aromatic rings. The second-order valence-corrected chi connectivity index (χ2v) is 5.08. The molecule has 0 fully saturated rings. The van der Waals surface area contributed by atoms with E-state index in [9.17, 15) is 4.79 Å². The minimum Gasteiger partial charge on any atom is -0.396 e. The minimum absolute atomic E-state index is 0.0525. The van der Waals surface area contributed by atoms with E-state index in [4.69, 9.17) is 9.63 Å². The van der Waals surface area contributed by atoms with Crippen molar-refractivity contribution in [3.8, 4) is 0 Å². The maximum Gasteiger partial charge on any atom is 0.220 e. The molecule has 0 bridgehead atoms. The lowest BCUT2D eigenvalue weighted by Crippen LogP contribution is -2.25. The number of aromatic nitrogens is 1. The van der Waals surface area contributed by atoms with Crippen LogP contribution in [0.25, 0.3) is 0 Å². The number of nitrogens with zero attached hydrogens (tertiary/aromatic N) is 1. The number of carbonyl (C=O) groups excluding carboxylic acids is 1. The summed E-state index contributed by atoms with van der Waals surface area (Å²) in [5.74, 6) is 1.15. The third-order valence-corrected chi connectivity index (χ3v) is 3.29. The Bertz CT molecular complexity index is 382. The van der Waals surface area contributed by atoms with E-state index in [0.717, 1.165) is 29.9 Å². The predicted octanol–water partition coefficient (Wildman–Crippen LogP) is 1.75. The smallest absolute Gasteiger partial charge is 0.220 e. The average Bonchev–Trinajstić information content (AvgIpc) is 2.71. The van der Waals surface area contributed by atoms with Gasteiger partial charge in [0.2, 0.25) is 5.91 Å². The Morgan fingerprint density at radius 1 is 1.47 bits per heavy atom. The molecule has 1 amide bonds.